The number of carbonyl (C=O) groups is 1. The van der Waals surface area contributed by atoms with Gasteiger partial charge in [-0.05, 0) is 43.2 Å². The maximum absolute atomic E-state index is 12.4. The number of nitrogens with zero attached hydrogens (tertiary/aromatic N) is 3. The predicted molar refractivity (Wildman–Crippen MR) is 99.6 cm³/mol. The molecule has 134 valence electrons. The molecule has 26 heavy (non-hydrogen) atoms. The van der Waals surface area contributed by atoms with Gasteiger partial charge in [-0.3, -0.25) is 9.78 Å². The van der Waals surface area contributed by atoms with Crippen molar-refractivity contribution >= 4 is 16.9 Å². The molecule has 3 aromatic heterocycles. The molecule has 4 rings (SSSR count). The van der Waals surface area contributed by atoms with Gasteiger partial charge >= 0.3 is 0 Å². The van der Waals surface area contributed by atoms with Crippen molar-refractivity contribution in [3.8, 4) is 11.3 Å². The molecular formula is C20H22N4O2. The molecule has 1 aliphatic rings. The van der Waals surface area contributed by atoms with Crippen molar-refractivity contribution in [2.24, 2.45) is 0 Å². The van der Waals surface area contributed by atoms with E-state index >= 15 is 0 Å². The Bertz CT molecular complexity index is 885. The summed E-state index contributed by atoms with van der Waals surface area (Å²) < 4.78 is 7.54. The Balaban J connectivity index is 1.54. The minimum absolute atomic E-state index is 0.0546. The highest BCUT2D eigenvalue weighted by atomic mass is 16.5. The standard InChI is InChI=1S/C20H22N4O2/c25-19(23-17-4-2-12-26-14-17)7-11-24-18(15-5-9-21-10-6-15)13-16-3-1-8-22-20(16)24/h1,3,5-6,8-10,13,17H,2,4,7,11-12,14H2,(H,23,25)/t17-/m1/s1. The van der Waals surface area contributed by atoms with E-state index in [1.165, 1.54) is 0 Å². The summed E-state index contributed by atoms with van der Waals surface area (Å²) in [7, 11) is 0. The smallest absolute Gasteiger partial charge is 0.222 e. The first kappa shape index (κ1) is 16.7. The second-order valence-electron chi connectivity index (χ2n) is 6.56. The quantitative estimate of drug-likeness (QED) is 0.768. The predicted octanol–water partition coefficient (Wildman–Crippen LogP) is 2.78. The zero-order chi connectivity index (χ0) is 17.8. The largest absolute Gasteiger partial charge is 0.379 e. The highest BCUT2D eigenvalue weighted by Crippen LogP contribution is 2.27. The fourth-order valence-corrected chi connectivity index (χ4v) is 3.44. The van der Waals surface area contributed by atoms with Crippen LogP contribution in [0.1, 0.15) is 19.3 Å². The Morgan fingerprint density at radius 2 is 2.15 bits per heavy atom. The number of pyridine rings is 2. The number of ether oxygens (including phenoxy) is 1. The average Bonchev–Trinajstić information content (AvgIpc) is 3.06. The van der Waals surface area contributed by atoms with Gasteiger partial charge in [-0.15, -0.1) is 0 Å². The maximum atomic E-state index is 12.4. The number of fused-ring (bicyclic) bond motifs is 1. The molecule has 0 aliphatic carbocycles. The lowest BCUT2D eigenvalue weighted by Gasteiger charge is -2.23. The lowest BCUT2D eigenvalue weighted by atomic mass is 10.1. The molecular weight excluding hydrogens is 328 g/mol. The van der Waals surface area contributed by atoms with Crippen LogP contribution in [0, 0.1) is 0 Å². The van der Waals surface area contributed by atoms with Gasteiger partial charge < -0.3 is 14.6 Å². The lowest BCUT2D eigenvalue weighted by Crippen LogP contribution is -2.40. The van der Waals surface area contributed by atoms with Crippen molar-refractivity contribution in [2.45, 2.75) is 31.8 Å². The van der Waals surface area contributed by atoms with Crippen LogP contribution in [0.25, 0.3) is 22.3 Å². The fourth-order valence-electron chi connectivity index (χ4n) is 3.44. The molecule has 1 fully saturated rings. The minimum Gasteiger partial charge on any atom is -0.379 e. The van der Waals surface area contributed by atoms with E-state index in [9.17, 15) is 4.79 Å². The number of hydrogen-bond donors (Lipinski definition) is 1. The van der Waals surface area contributed by atoms with E-state index < -0.39 is 0 Å². The number of nitrogens with one attached hydrogen (secondary N) is 1. The van der Waals surface area contributed by atoms with Crippen LogP contribution in [0.15, 0.2) is 48.9 Å². The third-order valence-electron chi connectivity index (χ3n) is 4.72. The average molecular weight is 350 g/mol. The van der Waals surface area contributed by atoms with E-state index in [-0.39, 0.29) is 11.9 Å². The van der Waals surface area contributed by atoms with Gasteiger partial charge in [0.05, 0.1) is 18.3 Å². The number of rotatable bonds is 5. The van der Waals surface area contributed by atoms with Gasteiger partial charge in [-0.2, -0.15) is 0 Å². The third kappa shape index (κ3) is 3.60. The van der Waals surface area contributed by atoms with Crippen LogP contribution in [-0.4, -0.2) is 39.7 Å². The zero-order valence-corrected chi connectivity index (χ0v) is 14.6. The Labute approximate surface area is 152 Å². The molecule has 6 heteroatoms. The monoisotopic (exact) mass is 350 g/mol. The van der Waals surface area contributed by atoms with E-state index in [0.29, 0.717) is 19.6 Å². The topological polar surface area (TPSA) is 69.0 Å². The summed E-state index contributed by atoms with van der Waals surface area (Å²) in [5.41, 5.74) is 3.02. The summed E-state index contributed by atoms with van der Waals surface area (Å²) in [6, 6.07) is 10.2. The Morgan fingerprint density at radius 1 is 1.27 bits per heavy atom. The summed E-state index contributed by atoms with van der Waals surface area (Å²) >= 11 is 0. The van der Waals surface area contributed by atoms with E-state index in [4.69, 9.17) is 4.74 Å². The number of carbonyl (C=O) groups excluding carboxylic acids is 1. The number of amides is 1. The number of hydrogen-bond acceptors (Lipinski definition) is 4. The Kier molecular flexibility index (Phi) is 4.93. The maximum Gasteiger partial charge on any atom is 0.222 e. The van der Waals surface area contributed by atoms with E-state index in [1.807, 2.05) is 24.3 Å². The summed E-state index contributed by atoms with van der Waals surface area (Å²) in [6.45, 7) is 1.99. The molecule has 1 saturated heterocycles. The van der Waals surface area contributed by atoms with E-state index in [0.717, 1.165) is 41.7 Å². The number of aromatic nitrogens is 3. The Morgan fingerprint density at radius 3 is 2.96 bits per heavy atom. The van der Waals surface area contributed by atoms with Gasteiger partial charge in [0.25, 0.3) is 0 Å². The first-order valence-corrected chi connectivity index (χ1v) is 9.03. The molecule has 1 amide bonds. The molecule has 0 spiro atoms. The summed E-state index contributed by atoms with van der Waals surface area (Å²) in [5, 5.41) is 4.15. The van der Waals surface area contributed by atoms with Gasteiger partial charge in [-0.25, -0.2) is 4.98 Å². The molecule has 3 aromatic rings. The first-order chi connectivity index (χ1) is 12.8. The van der Waals surface area contributed by atoms with Crippen LogP contribution in [0.3, 0.4) is 0 Å². The van der Waals surface area contributed by atoms with E-state index in [1.54, 1.807) is 18.6 Å². The van der Waals surface area contributed by atoms with Crippen LogP contribution in [0.4, 0.5) is 0 Å². The molecule has 0 saturated carbocycles. The molecule has 1 N–H and O–H groups in total. The highest BCUT2D eigenvalue weighted by molar-refractivity contribution is 5.84. The van der Waals surface area contributed by atoms with Crippen molar-refractivity contribution < 1.29 is 9.53 Å². The zero-order valence-electron chi connectivity index (χ0n) is 14.6. The van der Waals surface area contributed by atoms with Crippen LogP contribution in [-0.2, 0) is 16.1 Å². The fraction of sp³-hybridized carbons (Fsp3) is 0.350. The van der Waals surface area contributed by atoms with Crippen molar-refractivity contribution in [2.75, 3.05) is 13.2 Å². The minimum atomic E-state index is 0.0546. The van der Waals surface area contributed by atoms with Gasteiger partial charge in [-0.1, -0.05) is 0 Å². The molecule has 6 nitrogen and oxygen atoms in total. The molecule has 0 unspecified atom stereocenters. The molecule has 4 heterocycles. The lowest BCUT2D eigenvalue weighted by molar-refractivity contribution is -0.122. The summed E-state index contributed by atoms with van der Waals surface area (Å²) in [4.78, 5) is 21.0. The molecule has 1 aliphatic heterocycles. The van der Waals surface area contributed by atoms with Crippen molar-refractivity contribution in [3.05, 3.63) is 48.9 Å². The normalized spacial score (nSPS) is 17.3. The second-order valence-corrected chi connectivity index (χ2v) is 6.56. The molecule has 0 radical (unpaired) electrons. The third-order valence-corrected chi connectivity index (χ3v) is 4.72. The van der Waals surface area contributed by atoms with Crippen LogP contribution in [0.2, 0.25) is 0 Å². The second kappa shape index (κ2) is 7.66. The summed E-state index contributed by atoms with van der Waals surface area (Å²) in [6.07, 6.45) is 7.75. The van der Waals surface area contributed by atoms with E-state index in [2.05, 4.69) is 25.9 Å². The van der Waals surface area contributed by atoms with Crippen LogP contribution in [0.5, 0.6) is 0 Å². The van der Waals surface area contributed by atoms with Crippen molar-refractivity contribution in [1.82, 2.24) is 19.9 Å². The van der Waals surface area contributed by atoms with Crippen molar-refractivity contribution in [3.63, 3.8) is 0 Å². The number of aryl methyl sites for hydroxylation is 1. The molecule has 1 atom stereocenters. The van der Waals surface area contributed by atoms with Gasteiger partial charge in [0.15, 0.2) is 0 Å². The van der Waals surface area contributed by atoms with Crippen LogP contribution >= 0.6 is 0 Å². The van der Waals surface area contributed by atoms with Crippen LogP contribution < -0.4 is 5.32 Å². The molecule has 0 bridgehead atoms. The highest BCUT2D eigenvalue weighted by Gasteiger charge is 2.17. The molecule has 0 aromatic carbocycles. The van der Waals surface area contributed by atoms with Gasteiger partial charge in [0.2, 0.25) is 5.91 Å². The first-order valence-electron chi connectivity index (χ1n) is 9.03. The Hall–Kier alpha value is -2.73. The SMILES string of the molecule is O=C(CCn1c(-c2ccncc2)cc2cccnc21)N[C@@H]1CCCOC1. The van der Waals surface area contributed by atoms with Gasteiger partial charge in [0, 0.05) is 49.1 Å². The van der Waals surface area contributed by atoms with Gasteiger partial charge in [0.1, 0.15) is 5.65 Å². The summed E-state index contributed by atoms with van der Waals surface area (Å²) in [5.74, 6) is 0.0546. The van der Waals surface area contributed by atoms with Crippen molar-refractivity contribution in [1.29, 1.82) is 0 Å².